The van der Waals surface area contributed by atoms with Gasteiger partial charge in [0, 0.05) is 10.5 Å². The van der Waals surface area contributed by atoms with Gasteiger partial charge in [-0.25, -0.2) is 0 Å². The Morgan fingerprint density at radius 3 is 2.55 bits per heavy atom. The van der Waals surface area contributed by atoms with Crippen LogP contribution in [-0.4, -0.2) is 5.91 Å². The van der Waals surface area contributed by atoms with E-state index in [1.54, 1.807) is 25.2 Å². The number of rotatable bonds is 3. The van der Waals surface area contributed by atoms with Crippen LogP contribution < -0.4 is 5.73 Å². The van der Waals surface area contributed by atoms with E-state index in [1.165, 1.54) is 0 Å². The van der Waals surface area contributed by atoms with Crippen LogP contribution in [0.5, 0.6) is 0 Å². The van der Waals surface area contributed by atoms with Crippen LogP contribution >= 0.6 is 12.6 Å². The van der Waals surface area contributed by atoms with Gasteiger partial charge in [0.1, 0.15) is 0 Å². The zero-order chi connectivity index (χ0) is 8.85. The molecule has 0 rings (SSSR count). The Morgan fingerprint density at radius 2 is 2.18 bits per heavy atom. The molecule has 3 heteroatoms. The van der Waals surface area contributed by atoms with Crippen molar-refractivity contribution in [1.29, 1.82) is 0 Å². The maximum absolute atomic E-state index is 10.6. The van der Waals surface area contributed by atoms with E-state index in [0.29, 0.717) is 10.5 Å². The average Bonchev–Trinajstić information content (AvgIpc) is 1.98. The first-order chi connectivity index (χ1) is 5.09. The van der Waals surface area contributed by atoms with E-state index >= 15 is 0 Å². The molecule has 0 heterocycles. The third-order valence-corrected chi connectivity index (χ3v) is 1.63. The Labute approximate surface area is 71.9 Å². The first-order valence-corrected chi connectivity index (χ1v) is 3.53. The second-order valence-electron chi connectivity index (χ2n) is 1.97. The number of hydrogen-bond donors (Lipinski definition) is 2. The normalized spacial score (nSPS) is 12.9. The van der Waals surface area contributed by atoms with E-state index in [4.69, 9.17) is 5.73 Å². The largest absolute Gasteiger partial charge is 0.366 e. The molecule has 0 aliphatic carbocycles. The Bertz CT molecular complexity index is 228. The van der Waals surface area contributed by atoms with E-state index in [9.17, 15) is 4.79 Å². The van der Waals surface area contributed by atoms with Crippen molar-refractivity contribution in [2.45, 2.75) is 6.92 Å². The number of nitrogens with two attached hydrogens (primary N) is 1. The lowest BCUT2D eigenvalue weighted by Crippen LogP contribution is -2.12. The summed E-state index contributed by atoms with van der Waals surface area (Å²) in [5.41, 5.74) is 5.45. The molecule has 60 valence electrons. The predicted molar refractivity (Wildman–Crippen MR) is 50.2 cm³/mol. The first-order valence-electron chi connectivity index (χ1n) is 3.08. The van der Waals surface area contributed by atoms with Crippen LogP contribution in [0, 0.1) is 0 Å². The monoisotopic (exact) mass is 169 g/mol. The van der Waals surface area contributed by atoms with Crippen molar-refractivity contribution in [3.05, 3.63) is 35.3 Å². The number of thiol groups is 1. The molecule has 2 N–H and O–H groups in total. The Balaban J connectivity index is 4.52. The van der Waals surface area contributed by atoms with Crippen molar-refractivity contribution in [3.8, 4) is 0 Å². The SMILES string of the molecule is C=C/C=C\C(S)=C(/C)C(N)=O. The van der Waals surface area contributed by atoms with Crippen LogP contribution in [0.4, 0.5) is 0 Å². The highest BCUT2D eigenvalue weighted by Crippen LogP contribution is 2.09. The molecule has 1 amide bonds. The van der Waals surface area contributed by atoms with Crippen LogP contribution in [0.15, 0.2) is 35.3 Å². The maximum atomic E-state index is 10.6. The summed E-state index contributed by atoms with van der Waals surface area (Å²) in [6, 6.07) is 0. The van der Waals surface area contributed by atoms with Gasteiger partial charge in [-0.3, -0.25) is 4.79 Å². The van der Waals surface area contributed by atoms with Crippen molar-refractivity contribution in [1.82, 2.24) is 0 Å². The third-order valence-electron chi connectivity index (χ3n) is 1.14. The van der Waals surface area contributed by atoms with Crippen molar-refractivity contribution >= 4 is 18.5 Å². The molecule has 0 radical (unpaired) electrons. The third kappa shape index (κ3) is 3.68. The minimum Gasteiger partial charge on any atom is -0.366 e. The molecule has 0 unspecified atom stereocenters. The summed E-state index contributed by atoms with van der Waals surface area (Å²) in [6.45, 7) is 5.10. The zero-order valence-electron chi connectivity index (χ0n) is 6.37. The molecule has 0 spiro atoms. The highest BCUT2D eigenvalue weighted by atomic mass is 32.1. The van der Waals surface area contributed by atoms with E-state index < -0.39 is 5.91 Å². The molecule has 0 aromatic carbocycles. The predicted octanol–water partition coefficient (Wildman–Crippen LogP) is 1.42. The van der Waals surface area contributed by atoms with Crippen LogP contribution in [-0.2, 0) is 4.79 Å². The second-order valence-corrected chi connectivity index (χ2v) is 2.45. The lowest BCUT2D eigenvalue weighted by atomic mass is 10.2. The van der Waals surface area contributed by atoms with Gasteiger partial charge in [-0.05, 0) is 13.0 Å². The molecule has 0 atom stereocenters. The molecule has 2 nitrogen and oxygen atoms in total. The molecular weight excluding hydrogens is 158 g/mol. The number of primary amides is 1. The molecule has 0 aromatic heterocycles. The average molecular weight is 169 g/mol. The molecule has 0 bridgehead atoms. The summed E-state index contributed by atoms with van der Waals surface area (Å²) in [7, 11) is 0. The van der Waals surface area contributed by atoms with Gasteiger partial charge >= 0.3 is 0 Å². The molecule has 0 saturated heterocycles. The smallest absolute Gasteiger partial charge is 0.245 e. The summed E-state index contributed by atoms with van der Waals surface area (Å²) < 4.78 is 0. The topological polar surface area (TPSA) is 43.1 Å². The highest BCUT2D eigenvalue weighted by molar-refractivity contribution is 7.84. The number of amides is 1. The van der Waals surface area contributed by atoms with Gasteiger partial charge in [-0.15, -0.1) is 12.6 Å². The Morgan fingerprint density at radius 1 is 1.64 bits per heavy atom. The van der Waals surface area contributed by atoms with Crippen LogP contribution in [0.1, 0.15) is 6.92 Å². The summed E-state index contributed by atoms with van der Waals surface area (Å²) in [6.07, 6.45) is 4.95. The van der Waals surface area contributed by atoms with Crippen molar-refractivity contribution < 1.29 is 4.79 Å². The number of hydrogen-bond acceptors (Lipinski definition) is 2. The van der Waals surface area contributed by atoms with Crippen LogP contribution in [0.25, 0.3) is 0 Å². The molecule has 0 fully saturated rings. The van der Waals surface area contributed by atoms with Gasteiger partial charge in [0.15, 0.2) is 0 Å². The fourth-order valence-corrected chi connectivity index (χ4v) is 0.607. The number of carbonyl (C=O) groups excluding carboxylic acids is 1. The lowest BCUT2D eigenvalue weighted by molar-refractivity contribution is -0.114. The van der Waals surface area contributed by atoms with Crippen LogP contribution in [0.2, 0.25) is 0 Å². The number of carbonyl (C=O) groups is 1. The lowest BCUT2D eigenvalue weighted by Gasteiger charge is -1.95. The summed E-state index contributed by atoms with van der Waals surface area (Å²) in [4.78, 5) is 11.1. The molecule has 0 saturated carbocycles. The molecule has 11 heavy (non-hydrogen) atoms. The number of allylic oxidation sites excluding steroid dienone is 3. The fourth-order valence-electron chi connectivity index (χ4n) is 0.410. The minimum absolute atomic E-state index is 0.450. The molecule has 0 aliphatic heterocycles. The van der Waals surface area contributed by atoms with E-state index in [2.05, 4.69) is 19.2 Å². The minimum atomic E-state index is -0.455. The quantitative estimate of drug-likeness (QED) is 0.374. The molecule has 0 aromatic rings. The fraction of sp³-hybridized carbons (Fsp3) is 0.125. The second kappa shape index (κ2) is 4.79. The van der Waals surface area contributed by atoms with Gasteiger partial charge in [0.2, 0.25) is 5.91 Å². The van der Waals surface area contributed by atoms with Crippen molar-refractivity contribution in [2.24, 2.45) is 5.73 Å². The van der Waals surface area contributed by atoms with Crippen molar-refractivity contribution in [2.75, 3.05) is 0 Å². The van der Waals surface area contributed by atoms with Gasteiger partial charge in [-0.2, -0.15) is 0 Å². The van der Waals surface area contributed by atoms with Crippen LogP contribution in [0.3, 0.4) is 0 Å². The van der Waals surface area contributed by atoms with E-state index in [0.717, 1.165) is 0 Å². The van der Waals surface area contributed by atoms with Gasteiger partial charge in [-0.1, -0.05) is 18.7 Å². The van der Waals surface area contributed by atoms with Gasteiger partial charge < -0.3 is 5.73 Å². The highest BCUT2D eigenvalue weighted by Gasteiger charge is 1.99. The van der Waals surface area contributed by atoms with Gasteiger partial charge in [0.25, 0.3) is 0 Å². The van der Waals surface area contributed by atoms with Crippen molar-refractivity contribution in [3.63, 3.8) is 0 Å². The first kappa shape index (κ1) is 10.0. The Kier molecular flexibility index (Phi) is 4.38. The summed E-state index contributed by atoms with van der Waals surface area (Å²) >= 11 is 4.04. The standard InChI is InChI=1S/C8H11NOS/c1-3-4-5-7(11)6(2)8(9)10/h3-5,11H,1H2,2H3,(H2,9,10)/b5-4-,7-6-. The summed E-state index contributed by atoms with van der Waals surface area (Å²) in [5.74, 6) is -0.455. The Hall–Kier alpha value is -0.960. The van der Waals surface area contributed by atoms with Gasteiger partial charge in [0.05, 0.1) is 0 Å². The maximum Gasteiger partial charge on any atom is 0.245 e. The van der Waals surface area contributed by atoms with E-state index in [1.807, 2.05) is 0 Å². The zero-order valence-corrected chi connectivity index (χ0v) is 7.27. The van der Waals surface area contributed by atoms with E-state index in [-0.39, 0.29) is 0 Å². The molecule has 0 aliphatic rings. The summed E-state index contributed by atoms with van der Waals surface area (Å²) in [5, 5.41) is 0. The molecular formula is C8H11NOS.